The molecule has 0 saturated heterocycles. The van der Waals surface area contributed by atoms with Gasteiger partial charge in [0.25, 0.3) is 0 Å². The molecule has 0 bridgehead atoms. The molecular weight excluding hydrogens is 124 g/mol. The molecule has 1 N–H and O–H groups in total. The first-order chi connectivity index (χ1) is 2.77. The summed E-state index contributed by atoms with van der Waals surface area (Å²) in [5.74, 6) is -0.964. The van der Waals surface area contributed by atoms with Gasteiger partial charge in [-0.25, -0.2) is 0 Å². The molecule has 0 aromatic carbocycles. The van der Waals surface area contributed by atoms with Crippen molar-refractivity contribution >= 4 is 5.97 Å². The van der Waals surface area contributed by atoms with Crippen LogP contribution >= 0.6 is 0 Å². The van der Waals surface area contributed by atoms with E-state index < -0.39 is 5.97 Å². The van der Waals surface area contributed by atoms with Crippen LogP contribution in [-0.4, -0.2) is 17.7 Å². The van der Waals surface area contributed by atoms with Gasteiger partial charge in [0.1, 0.15) is 0 Å². The minimum atomic E-state index is -0.964. The molecular formula is C2H3CrO3. The molecule has 0 fully saturated rings. The van der Waals surface area contributed by atoms with Gasteiger partial charge in [0, 0.05) is 0 Å². The van der Waals surface area contributed by atoms with Crippen LogP contribution in [-0.2, 0) is 25.2 Å². The van der Waals surface area contributed by atoms with Gasteiger partial charge in [0.2, 0.25) is 0 Å². The number of carboxylic acid groups (broad SMARTS) is 1. The van der Waals surface area contributed by atoms with E-state index in [0.29, 0.717) is 0 Å². The van der Waals surface area contributed by atoms with Crippen LogP contribution < -0.4 is 0 Å². The van der Waals surface area contributed by atoms with Gasteiger partial charge in [-0.3, -0.25) is 0 Å². The summed E-state index contributed by atoms with van der Waals surface area (Å²) in [6.07, 6.45) is 0. The molecule has 0 aliphatic rings. The minimum absolute atomic E-state index is 0.264. The second-order valence-electron chi connectivity index (χ2n) is 0.656. The average Bonchev–Trinajstić information content (AvgIpc) is 1.35. The summed E-state index contributed by atoms with van der Waals surface area (Å²) in [7, 11) is 0. The molecule has 0 rings (SSSR count). The molecule has 0 aromatic heterocycles. The zero-order valence-corrected chi connectivity index (χ0v) is 4.15. The molecule has 0 unspecified atom stereocenters. The van der Waals surface area contributed by atoms with Crippen molar-refractivity contribution in [3.05, 3.63) is 0 Å². The van der Waals surface area contributed by atoms with Crippen LogP contribution in [0.2, 0.25) is 0 Å². The molecule has 0 spiro atoms. The number of carboxylic acids is 1. The topological polar surface area (TPSA) is 46.5 Å². The van der Waals surface area contributed by atoms with E-state index in [9.17, 15) is 4.79 Å². The Morgan fingerprint density at radius 3 is 2.50 bits per heavy atom. The molecule has 35 valence electrons. The molecule has 0 aliphatic carbocycles. The van der Waals surface area contributed by atoms with E-state index in [1.54, 1.807) is 0 Å². The van der Waals surface area contributed by atoms with Crippen molar-refractivity contribution in [2.24, 2.45) is 0 Å². The summed E-state index contributed by atoms with van der Waals surface area (Å²) < 4.78 is 4.08. The summed E-state index contributed by atoms with van der Waals surface area (Å²) in [4.78, 5) is 9.45. The van der Waals surface area contributed by atoms with E-state index in [2.05, 4.69) is 20.4 Å². The fourth-order valence-corrected chi connectivity index (χ4v) is 0.208. The normalized spacial score (nSPS) is 8.00. The van der Waals surface area contributed by atoms with Crippen LogP contribution in [0.15, 0.2) is 0 Å². The zero-order valence-electron chi connectivity index (χ0n) is 2.88. The molecule has 0 aromatic rings. The van der Waals surface area contributed by atoms with Crippen molar-refractivity contribution < 1.29 is 30.3 Å². The fourth-order valence-electron chi connectivity index (χ4n) is 0.0504. The molecule has 4 heteroatoms. The van der Waals surface area contributed by atoms with Crippen molar-refractivity contribution in [2.75, 3.05) is 6.61 Å². The van der Waals surface area contributed by atoms with Crippen LogP contribution in [0.25, 0.3) is 0 Å². The van der Waals surface area contributed by atoms with Gasteiger partial charge in [0.05, 0.1) is 0 Å². The fraction of sp³-hybridized carbons (Fsp3) is 0.500. The monoisotopic (exact) mass is 127 g/mol. The predicted molar refractivity (Wildman–Crippen MR) is 13.6 cm³/mol. The Bertz CT molecular complexity index is 52.8. The first-order valence-corrected chi connectivity index (χ1v) is 1.76. The van der Waals surface area contributed by atoms with Crippen LogP contribution in [0.5, 0.6) is 0 Å². The summed E-state index contributed by atoms with van der Waals surface area (Å²) in [6, 6.07) is 0. The Balaban J connectivity index is 2.83. The summed E-state index contributed by atoms with van der Waals surface area (Å²) in [5.41, 5.74) is 0. The van der Waals surface area contributed by atoms with Crippen molar-refractivity contribution in [1.29, 1.82) is 0 Å². The van der Waals surface area contributed by atoms with Gasteiger partial charge in [0.15, 0.2) is 0 Å². The van der Waals surface area contributed by atoms with Gasteiger partial charge >= 0.3 is 42.9 Å². The standard InChI is InChI=1S/C2H3O3.Cr/c3-1-2(4)5;/h1H2,(H,4,5);/q-1;+1. The second kappa shape index (κ2) is 3.16. The van der Waals surface area contributed by atoms with Crippen molar-refractivity contribution in [3.8, 4) is 0 Å². The summed E-state index contributed by atoms with van der Waals surface area (Å²) in [5, 5.41) is 7.77. The summed E-state index contributed by atoms with van der Waals surface area (Å²) in [6.45, 7) is -0.264. The van der Waals surface area contributed by atoms with E-state index in [4.69, 9.17) is 5.11 Å². The Labute approximate surface area is 43.7 Å². The molecule has 0 amide bonds. The SMILES string of the molecule is O=C(O)C[O][Cr]. The first kappa shape index (κ1) is 5.96. The Morgan fingerprint density at radius 2 is 2.50 bits per heavy atom. The Kier molecular flexibility index (Phi) is 3.14. The van der Waals surface area contributed by atoms with E-state index >= 15 is 0 Å². The number of carbonyl (C=O) groups is 1. The number of aliphatic carboxylic acids is 1. The quantitative estimate of drug-likeness (QED) is 0.546. The van der Waals surface area contributed by atoms with E-state index in [-0.39, 0.29) is 6.61 Å². The molecule has 6 heavy (non-hydrogen) atoms. The summed E-state index contributed by atoms with van der Waals surface area (Å²) >= 11 is 2.09. The van der Waals surface area contributed by atoms with Crippen molar-refractivity contribution in [1.82, 2.24) is 0 Å². The van der Waals surface area contributed by atoms with Crippen LogP contribution in [0.3, 0.4) is 0 Å². The van der Waals surface area contributed by atoms with Crippen LogP contribution in [0.1, 0.15) is 0 Å². The number of rotatable bonds is 2. The Morgan fingerprint density at radius 1 is 2.00 bits per heavy atom. The third-order valence-corrected chi connectivity index (χ3v) is 0.366. The van der Waals surface area contributed by atoms with Gasteiger partial charge in [-0.1, -0.05) is 0 Å². The average molecular weight is 127 g/mol. The van der Waals surface area contributed by atoms with E-state index in [0.717, 1.165) is 0 Å². The zero-order chi connectivity index (χ0) is 4.99. The van der Waals surface area contributed by atoms with Crippen molar-refractivity contribution in [3.63, 3.8) is 0 Å². The predicted octanol–water partition coefficient (Wildman–Crippen LogP) is -0.451. The van der Waals surface area contributed by atoms with Crippen LogP contribution in [0.4, 0.5) is 0 Å². The first-order valence-electron chi connectivity index (χ1n) is 1.24. The third-order valence-electron chi connectivity index (χ3n) is 0.182. The van der Waals surface area contributed by atoms with Gasteiger partial charge in [-0.15, -0.1) is 0 Å². The third kappa shape index (κ3) is 3.96. The number of hydrogen-bond acceptors (Lipinski definition) is 2. The number of hydrogen-bond donors (Lipinski definition) is 1. The van der Waals surface area contributed by atoms with Gasteiger partial charge < -0.3 is 0 Å². The van der Waals surface area contributed by atoms with Crippen LogP contribution in [0, 0.1) is 0 Å². The molecule has 0 saturated carbocycles. The maximum absolute atomic E-state index is 9.45. The molecule has 0 radical (unpaired) electrons. The second-order valence-corrected chi connectivity index (χ2v) is 1.02. The van der Waals surface area contributed by atoms with Crippen molar-refractivity contribution in [2.45, 2.75) is 0 Å². The molecule has 3 nitrogen and oxygen atoms in total. The van der Waals surface area contributed by atoms with E-state index in [1.165, 1.54) is 0 Å². The van der Waals surface area contributed by atoms with E-state index in [1.807, 2.05) is 0 Å². The van der Waals surface area contributed by atoms with Gasteiger partial charge in [-0.05, 0) is 0 Å². The maximum atomic E-state index is 9.45. The van der Waals surface area contributed by atoms with Gasteiger partial charge in [-0.2, -0.15) is 0 Å². The molecule has 0 heterocycles. The molecule has 0 aliphatic heterocycles. The molecule has 0 atom stereocenters. The Hall–Kier alpha value is -0.0375.